The standard InChI is InChI=1S/C2H2O4.3Li.H3O4P/c3-1(4)2(5)6;;;;1-5(2,3)4/h(H,3,4)(H,5,6);;;;(H3,1,2,3,4)/q;3*+1;/p-3. The zero-order valence-corrected chi connectivity index (χ0v) is 8.69. The van der Waals surface area contributed by atoms with Gasteiger partial charge in [-0.15, -0.1) is 0 Å². The summed E-state index contributed by atoms with van der Waals surface area (Å²) in [5.41, 5.74) is 0. The summed E-state index contributed by atoms with van der Waals surface area (Å²) in [5.74, 6) is -3.65. The van der Waals surface area contributed by atoms with Crippen LogP contribution in [0.5, 0.6) is 0 Å². The fourth-order valence-corrected chi connectivity index (χ4v) is 0. The first-order chi connectivity index (χ1) is 4.64. The van der Waals surface area contributed by atoms with Crippen LogP contribution in [0.4, 0.5) is 0 Å². The molecule has 0 aliphatic rings. The van der Waals surface area contributed by atoms with E-state index in [4.69, 9.17) is 39.0 Å². The van der Waals surface area contributed by atoms with Crippen LogP contribution >= 0.6 is 7.82 Å². The minimum absolute atomic E-state index is 0. The van der Waals surface area contributed by atoms with Crippen LogP contribution in [0, 0.1) is 0 Å². The van der Waals surface area contributed by atoms with Crippen molar-refractivity contribution in [3.05, 3.63) is 0 Å². The fraction of sp³-hybridized carbons (Fsp3) is 0. The van der Waals surface area contributed by atoms with Gasteiger partial charge in [0.15, 0.2) is 0 Å². The van der Waals surface area contributed by atoms with Gasteiger partial charge in [0.05, 0.1) is 0 Å². The zero-order chi connectivity index (χ0) is 9.65. The Morgan fingerprint density at radius 3 is 0.929 bits per heavy atom. The normalized spacial score (nSPS) is 7.36. The molecule has 0 saturated heterocycles. The smallest absolute Gasteiger partial charge is 0.822 e. The summed E-state index contributed by atoms with van der Waals surface area (Å²) in [6, 6.07) is 0. The molecule has 2 N–H and O–H groups in total. The summed E-state index contributed by atoms with van der Waals surface area (Å²) >= 11 is 0. The number of hydrogen-bond donors (Lipinski definition) is 2. The number of carbonyl (C=O) groups is 2. The summed E-state index contributed by atoms with van der Waals surface area (Å²) in [6.07, 6.45) is 0. The molecule has 0 spiro atoms. The molecule has 0 radical (unpaired) electrons. The molecule has 0 saturated carbocycles. The molecule has 0 fully saturated rings. The van der Waals surface area contributed by atoms with E-state index in [0.717, 1.165) is 0 Å². The van der Waals surface area contributed by atoms with Gasteiger partial charge in [-0.3, -0.25) is 0 Å². The van der Waals surface area contributed by atoms with E-state index in [-0.39, 0.29) is 56.6 Å². The van der Waals surface area contributed by atoms with E-state index in [9.17, 15) is 0 Å². The number of carboxylic acids is 2. The number of hydrogen-bond acceptors (Lipinski definition) is 6. The zero-order valence-electron chi connectivity index (χ0n) is 7.79. The molecule has 0 rings (SSSR count). The van der Waals surface area contributed by atoms with Gasteiger partial charge in [0.2, 0.25) is 0 Å². The van der Waals surface area contributed by atoms with Gasteiger partial charge >= 0.3 is 68.5 Å². The van der Waals surface area contributed by atoms with Crippen LogP contribution in [0.25, 0.3) is 0 Å². The third-order valence-corrected chi connectivity index (χ3v) is 0.183. The average Bonchev–Trinajstić information content (AvgIpc) is 1.59. The summed E-state index contributed by atoms with van der Waals surface area (Å²) < 4.78 is 8.55. The quantitative estimate of drug-likeness (QED) is 0.224. The van der Waals surface area contributed by atoms with Gasteiger partial charge in [-0.25, -0.2) is 9.59 Å². The van der Waals surface area contributed by atoms with Gasteiger partial charge in [-0.2, -0.15) is 7.82 Å². The van der Waals surface area contributed by atoms with Crippen LogP contribution in [0.2, 0.25) is 0 Å². The predicted molar refractivity (Wildman–Crippen MR) is 22.9 cm³/mol. The maximum absolute atomic E-state index is 9.10. The second-order valence-electron chi connectivity index (χ2n) is 1.06. The molecule has 0 aromatic carbocycles. The first-order valence-electron chi connectivity index (χ1n) is 1.84. The number of rotatable bonds is 0. The Morgan fingerprint density at radius 2 is 0.929 bits per heavy atom. The molecule has 0 amide bonds. The molecular formula is C2H2Li3O8P. The molecule has 0 aromatic heterocycles. The first-order valence-corrected chi connectivity index (χ1v) is 3.30. The van der Waals surface area contributed by atoms with E-state index in [1.165, 1.54) is 0 Å². The summed E-state index contributed by atoms with van der Waals surface area (Å²) in [6.45, 7) is 0. The van der Waals surface area contributed by atoms with Crippen molar-refractivity contribution in [1.29, 1.82) is 0 Å². The predicted octanol–water partition coefficient (Wildman–Crippen LogP) is -12.7. The van der Waals surface area contributed by atoms with E-state index < -0.39 is 19.8 Å². The van der Waals surface area contributed by atoms with Crippen LogP contribution in [0.3, 0.4) is 0 Å². The second-order valence-corrected chi connectivity index (χ2v) is 1.95. The monoisotopic (exact) mass is 206 g/mol. The van der Waals surface area contributed by atoms with Crippen LogP contribution in [0.15, 0.2) is 0 Å². The Balaban J connectivity index is -0.0000000321. The minimum atomic E-state index is -5.39. The summed E-state index contributed by atoms with van der Waals surface area (Å²) in [7, 11) is -5.39. The molecule has 12 heteroatoms. The van der Waals surface area contributed by atoms with Crippen molar-refractivity contribution in [2.24, 2.45) is 0 Å². The van der Waals surface area contributed by atoms with E-state index in [2.05, 4.69) is 0 Å². The van der Waals surface area contributed by atoms with E-state index >= 15 is 0 Å². The Hall–Kier alpha value is 0.842. The first kappa shape index (κ1) is 29.4. The molecule has 0 unspecified atom stereocenters. The van der Waals surface area contributed by atoms with E-state index in [1.54, 1.807) is 0 Å². The van der Waals surface area contributed by atoms with Gasteiger partial charge < -0.3 is 29.5 Å². The number of aliphatic carboxylic acids is 2. The Morgan fingerprint density at radius 1 is 0.857 bits per heavy atom. The van der Waals surface area contributed by atoms with Crippen molar-refractivity contribution in [2.75, 3.05) is 0 Å². The third-order valence-electron chi connectivity index (χ3n) is 0.183. The fourth-order valence-electron chi connectivity index (χ4n) is 0. The van der Waals surface area contributed by atoms with Gasteiger partial charge in [0.1, 0.15) is 0 Å². The maximum atomic E-state index is 9.10. The van der Waals surface area contributed by atoms with Gasteiger partial charge in [-0.05, 0) is 0 Å². The number of phosphoric acid groups is 1. The third kappa shape index (κ3) is 76.8. The molecule has 14 heavy (non-hydrogen) atoms. The van der Waals surface area contributed by atoms with Crippen molar-refractivity contribution in [3.63, 3.8) is 0 Å². The summed E-state index contributed by atoms with van der Waals surface area (Å²) in [5, 5.41) is 14.8. The second kappa shape index (κ2) is 13.8. The number of carboxylic acid groups (broad SMARTS) is 2. The maximum Gasteiger partial charge on any atom is 1.00 e. The molecule has 0 bridgehead atoms. The molecular weight excluding hydrogens is 204 g/mol. The topological polar surface area (TPSA) is 161 Å². The molecule has 0 aliphatic carbocycles. The SMILES string of the molecule is O=C(O)C(=O)O.O=P([O-])([O-])[O-].[Li+].[Li+].[Li+]. The molecule has 66 valence electrons. The Kier molecular flexibility index (Phi) is 29.0. The van der Waals surface area contributed by atoms with Gasteiger partial charge in [-0.1, -0.05) is 0 Å². The van der Waals surface area contributed by atoms with Crippen LogP contribution < -0.4 is 71.3 Å². The molecule has 0 atom stereocenters. The Bertz CT molecular complexity index is 178. The Labute approximate surface area is 115 Å². The van der Waals surface area contributed by atoms with E-state index in [0.29, 0.717) is 0 Å². The largest absolute Gasteiger partial charge is 1.00 e. The van der Waals surface area contributed by atoms with Gasteiger partial charge in [0, 0.05) is 0 Å². The summed E-state index contributed by atoms with van der Waals surface area (Å²) in [4.78, 5) is 43.8. The molecule has 8 nitrogen and oxygen atoms in total. The van der Waals surface area contributed by atoms with Crippen LogP contribution in [0.1, 0.15) is 0 Å². The van der Waals surface area contributed by atoms with Crippen LogP contribution in [-0.4, -0.2) is 22.2 Å². The molecule has 0 aliphatic heterocycles. The van der Waals surface area contributed by atoms with Crippen molar-refractivity contribution >= 4 is 19.8 Å². The average molecular weight is 206 g/mol. The molecule has 0 aromatic rings. The van der Waals surface area contributed by atoms with Crippen molar-refractivity contribution in [1.82, 2.24) is 0 Å². The van der Waals surface area contributed by atoms with Crippen molar-refractivity contribution in [3.8, 4) is 0 Å². The molecule has 0 heterocycles. The van der Waals surface area contributed by atoms with Crippen LogP contribution in [-0.2, 0) is 14.2 Å². The van der Waals surface area contributed by atoms with Gasteiger partial charge in [0.25, 0.3) is 0 Å². The van der Waals surface area contributed by atoms with Crippen molar-refractivity contribution in [2.45, 2.75) is 0 Å². The van der Waals surface area contributed by atoms with Crippen molar-refractivity contribution < 1.29 is 95.6 Å². The minimum Gasteiger partial charge on any atom is -0.822 e. The van der Waals surface area contributed by atoms with E-state index in [1.807, 2.05) is 0 Å².